The molecule has 21 heavy (non-hydrogen) atoms. The van der Waals surface area contributed by atoms with E-state index in [0.717, 1.165) is 5.56 Å². The molecule has 0 saturated heterocycles. The van der Waals surface area contributed by atoms with Crippen LogP contribution in [0.15, 0.2) is 42.5 Å². The first-order valence-electron chi connectivity index (χ1n) is 6.28. The van der Waals surface area contributed by atoms with Gasteiger partial charge in [0.25, 0.3) is 5.91 Å². The van der Waals surface area contributed by atoms with Gasteiger partial charge in [-0.2, -0.15) is 5.26 Å². The van der Waals surface area contributed by atoms with Gasteiger partial charge in [-0.15, -0.1) is 0 Å². The van der Waals surface area contributed by atoms with E-state index in [4.69, 9.17) is 21.6 Å². The molecule has 1 N–H and O–H groups in total. The number of amides is 1. The number of carbonyl (C=O) groups is 1. The minimum Gasteiger partial charge on any atom is -0.479 e. The third-order valence-electron chi connectivity index (χ3n) is 2.93. The second-order valence-corrected chi connectivity index (χ2v) is 4.74. The molecule has 0 fully saturated rings. The molecule has 106 valence electrons. The highest BCUT2D eigenvalue weighted by molar-refractivity contribution is 6.32. The summed E-state index contributed by atoms with van der Waals surface area (Å²) in [5.41, 5.74) is 1.92. The molecule has 0 heterocycles. The lowest BCUT2D eigenvalue weighted by Gasteiger charge is -2.09. The fourth-order valence-corrected chi connectivity index (χ4v) is 1.98. The molecule has 2 aromatic rings. The number of halogens is 1. The topological polar surface area (TPSA) is 62.1 Å². The highest BCUT2D eigenvalue weighted by atomic mass is 35.5. The molecule has 2 aromatic carbocycles. The maximum Gasteiger partial charge on any atom is 0.255 e. The maximum absolute atomic E-state index is 12.2. The zero-order valence-corrected chi connectivity index (χ0v) is 12.1. The van der Waals surface area contributed by atoms with Crippen LogP contribution in [0.25, 0.3) is 0 Å². The third kappa shape index (κ3) is 3.74. The van der Waals surface area contributed by atoms with Crippen molar-refractivity contribution in [3.8, 4) is 11.8 Å². The number of ether oxygens (including phenoxy) is 1. The lowest BCUT2D eigenvalue weighted by atomic mass is 10.1. The standard InChI is InChI=1S/C16H13ClN2O2/c1-11-14(3-2-4-15(11)17)16(20)19-12-5-7-13(8-6-12)21-10-9-18/h2-8H,10H2,1H3,(H,19,20). The minimum absolute atomic E-state index is 0.00653. The van der Waals surface area contributed by atoms with Gasteiger partial charge in [0.15, 0.2) is 6.61 Å². The maximum atomic E-state index is 12.2. The molecule has 0 unspecified atom stereocenters. The molecule has 0 bridgehead atoms. The summed E-state index contributed by atoms with van der Waals surface area (Å²) < 4.78 is 5.14. The minimum atomic E-state index is -0.222. The van der Waals surface area contributed by atoms with Crippen molar-refractivity contribution in [1.82, 2.24) is 0 Å². The Hall–Kier alpha value is -2.51. The number of benzene rings is 2. The number of hydrogen-bond donors (Lipinski definition) is 1. The van der Waals surface area contributed by atoms with Crippen molar-refractivity contribution >= 4 is 23.2 Å². The van der Waals surface area contributed by atoms with E-state index in [9.17, 15) is 4.79 Å². The zero-order chi connectivity index (χ0) is 15.2. The molecule has 0 aliphatic heterocycles. The number of rotatable bonds is 4. The van der Waals surface area contributed by atoms with Crippen molar-refractivity contribution in [1.29, 1.82) is 5.26 Å². The summed E-state index contributed by atoms with van der Waals surface area (Å²) in [6.07, 6.45) is 0. The Balaban J connectivity index is 2.09. The monoisotopic (exact) mass is 300 g/mol. The molecule has 1 amide bonds. The summed E-state index contributed by atoms with van der Waals surface area (Å²) in [5.74, 6) is 0.356. The fourth-order valence-electron chi connectivity index (χ4n) is 1.80. The second kappa shape index (κ2) is 6.78. The second-order valence-electron chi connectivity index (χ2n) is 4.34. The first kappa shape index (κ1) is 14.9. The van der Waals surface area contributed by atoms with Crippen LogP contribution in [0.4, 0.5) is 5.69 Å². The summed E-state index contributed by atoms with van der Waals surface area (Å²) in [7, 11) is 0. The molecule has 0 saturated carbocycles. The van der Waals surface area contributed by atoms with Crippen molar-refractivity contribution in [2.45, 2.75) is 6.92 Å². The van der Waals surface area contributed by atoms with Gasteiger partial charge in [-0.25, -0.2) is 0 Å². The molecule has 2 rings (SSSR count). The molecular weight excluding hydrogens is 288 g/mol. The molecule has 5 heteroatoms. The van der Waals surface area contributed by atoms with Gasteiger partial charge in [0.2, 0.25) is 0 Å². The number of nitrogens with one attached hydrogen (secondary N) is 1. The number of nitriles is 1. The van der Waals surface area contributed by atoms with E-state index in [2.05, 4.69) is 5.32 Å². The van der Waals surface area contributed by atoms with E-state index < -0.39 is 0 Å². The molecule has 0 aliphatic carbocycles. The summed E-state index contributed by atoms with van der Waals surface area (Å²) in [5, 5.41) is 11.8. The van der Waals surface area contributed by atoms with Gasteiger partial charge >= 0.3 is 0 Å². The fraction of sp³-hybridized carbons (Fsp3) is 0.125. The quantitative estimate of drug-likeness (QED) is 0.934. The van der Waals surface area contributed by atoms with Crippen LogP contribution in [0.2, 0.25) is 5.02 Å². The van der Waals surface area contributed by atoms with Crippen molar-refractivity contribution in [2.75, 3.05) is 11.9 Å². The van der Waals surface area contributed by atoms with E-state index in [-0.39, 0.29) is 12.5 Å². The third-order valence-corrected chi connectivity index (χ3v) is 3.34. The van der Waals surface area contributed by atoms with Gasteiger partial charge in [0.05, 0.1) is 0 Å². The van der Waals surface area contributed by atoms with Crippen LogP contribution in [0.1, 0.15) is 15.9 Å². The predicted octanol–water partition coefficient (Wildman–Crippen LogP) is 3.80. The predicted molar refractivity (Wildman–Crippen MR) is 81.7 cm³/mol. The molecule has 0 radical (unpaired) electrons. The Bertz CT molecular complexity index is 690. The van der Waals surface area contributed by atoms with Gasteiger partial charge < -0.3 is 10.1 Å². The lowest BCUT2D eigenvalue weighted by Crippen LogP contribution is -2.13. The SMILES string of the molecule is Cc1c(Cl)cccc1C(=O)Nc1ccc(OCC#N)cc1. The first-order valence-corrected chi connectivity index (χ1v) is 6.66. The largest absolute Gasteiger partial charge is 0.479 e. The van der Waals surface area contributed by atoms with E-state index in [1.807, 2.05) is 6.07 Å². The smallest absolute Gasteiger partial charge is 0.255 e. The molecule has 0 aliphatic rings. The molecule has 0 aromatic heterocycles. The molecular formula is C16H13ClN2O2. The van der Waals surface area contributed by atoms with E-state index in [1.165, 1.54) is 0 Å². The molecule has 0 atom stereocenters. The lowest BCUT2D eigenvalue weighted by molar-refractivity contribution is 0.102. The first-order chi connectivity index (χ1) is 10.1. The number of hydrogen-bond acceptors (Lipinski definition) is 3. The summed E-state index contributed by atoms with van der Waals surface area (Å²) in [6, 6.07) is 13.9. The summed E-state index contributed by atoms with van der Waals surface area (Å²) in [4.78, 5) is 12.2. The van der Waals surface area contributed by atoms with Crippen LogP contribution >= 0.6 is 11.6 Å². The Morgan fingerprint density at radius 3 is 2.67 bits per heavy atom. The average Bonchev–Trinajstić information content (AvgIpc) is 2.49. The van der Waals surface area contributed by atoms with Crippen molar-refractivity contribution in [3.63, 3.8) is 0 Å². The number of anilines is 1. The van der Waals surface area contributed by atoms with E-state index in [0.29, 0.717) is 22.0 Å². The highest BCUT2D eigenvalue weighted by Gasteiger charge is 2.11. The number of nitrogens with zero attached hydrogens (tertiary/aromatic N) is 1. The van der Waals surface area contributed by atoms with Crippen LogP contribution < -0.4 is 10.1 Å². The van der Waals surface area contributed by atoms with E-state index >= 15 is 0 Å². The van der Waals surface area contributed by atoms with Crippen LogP contribution in [-0.4, -0.2) is 12.5 Å². The van der Waals surface area contributed by atoms with Crippen molar-refractivity contribution < 1.29 is 9.53 Å². The van der Waals surface area contributed by atoms with Gasteiger partial charge in [-0.1, -0.05) is 17.7 Å². The van der Waals surface area contributed by atoms with Gasteiger partial charge in [0, 0.05) is 16.3 Å². The summed E-state index contributed by atoms with van der Waals surface area (Å²) >= 11 is 6.01. The Kier molecular flexibility index (Phi) is 4.81. The number of carbonyl (C=O) groups excluding carboxylic acids is 1. The van der Waals surface area contributed by atoms with Crippen molar-refractivity contribution in [3.05, 3.63) is 58.6 Å². The highest BCUT2D eigenvalue weighted by Crippen LogP contribution is 2.21. The van der Waals surface area contributed by atoms with Crippen molar-refractivity contribution in [2.24, 2.45) is 0 Å². The Labute approximate surface area is 127 Å². The van der Waals surface area contributed by atoms with Gasteiger partial charge in [-0.3, -0.25) is 4.79 Å². The van der Waals surface area contributed by atoms with Gasteiger partial charge in [-0.05, 0) is 48.9 Å². The Morgan fingerprint density at radius 1 is 1.29 bits per heavy atom. The molecule has 0 spiro atoms. The van der Waals surface area contributed by atoms with Crippen LogP contribution in [-0.2, 0) is 0 Å². The van der Waals surface area contributed by atoms with Gasteiger partial charge in [0.1, 0.15) is 11.8 Å². The van der Waals surface area contributed by atoms with E-state index in [1.54, 1.807) is 49.4 Å². The van der Waals surface area contributed by atoms with Crippen LogP contribution in [0.3, 0.4) is 0 Å². The van der Waals surface area contributed by atoms with Crippen LogP contribution in [0, 0.1) is 18.3 Å². The normalized spacial score (nSPS) is 9.76. The average molecular weight is 301 g/mol. The summed E-state index contributed by atoms with van der Waals surface area (Å²) in [6.45, 7) is 1.80. The molecule has 4 nitrogen and oxygen atoms in total. The zero-order valence-electron chi connectivity index (χ0n) is 11.4. The Morgan fingerprint density at radius 2 is 2.00 bits per heavy atom. The van der Waals surface area contributed by atoms with Crippen LogP contribution in [0.5, 0.6) is 5.75 Å².